The molecular weight excluding hydrogens is 354 g/mol. The lowest BCUT2D eigenvalue weighted by atomic mass is 10.1. The van der Waals surface area contributed by atoms with Crippen LogP contribution in [0.15, 0.2) is 41.6 Å². The summed E-state index contributed by atoms with van der Waals surface area (Å²) in [5, 5.41) is 4.52. The molecule has 1 aliphatic heterocycles. The van der Waals surface area contributed by atoms with Gasteiger partial charge in [-0.3, -0.25) is 4.79 Å². The first-order valence-corrected chi connectivity index (χ1v) is 7.71. The Labute approximate surface area is 147 Å². The van der Waals surface area contributed by atoms with E-state index in [2.05, 4.69) is 5.16 Å². The summed E-state index contributed by atoms with van der Waals surface area (Å²) in [7, 11) is 0. The van der Waals surface area contributed by atoms with E-state index in [9.17, 15) is 13.6 Å². The molecular formula is C17H13ClF2N2O3. The highest BCUT2D eigenvalue weighted by molar-refractivity contribution is 6.30. The minimum absolute atomic E-state index is 0.0646. The Morgan fingerprint density at radius 2 is 2.00 bits per heavy atom. The highest BCUT2D eigenvalue weighted by atomic mass is 35.5. The standard InChI is InChI=1S/C17H13ClF2N2O3/c18-10-3-1-9(2-4-10)14-7-11(22-25-14)8-24-13-6-5-12(19)15(16(13)20)17(21)23/h1-6,14H,7-8H2,(H2,21,23). The van der Waals surface area contributed by atoms with Gasteiger partial charge in [-0.2, -0.15) is 0 Å². The Kier molecular flexibility index (Phi) is 4.85. The van der Waals surface area contributed by atoms with E-state index in [0.717, 1.165) is 17.7 Å². The van der Waals surface area contributed by atoms with Crippen molar-refractivity contribution in [1.29, 1.82) is 0 Å². The van der Waals surface area contributed by atoms with Gasteiger partial charge in [-0.05, 0) is 29.8 Å². The summed E-state index contributed by atoms with van der Waals surface area (Å²) in [6, 6.07) is 9.14. The second-order valence-corrected chi connectivity index (χ2v) is 5.83. The van der Waals surface area contributed by atoms with Crippen LogP contribution in [0.3, 0.4) is 0 Å². The van der Waals surface area contributed by atoms with Crippen LogP contribution in [0, 0.1) is 11.6 Å². The fourth-order valence-electron chi connectivity index (χ4n) is 2.40. The molecule has 0 spiro atoms. The van der Waals surface area contributed by atoms with Crippen molar-refractivity contribution in [3.63, 3.8) is 0 Å². The number of hydrogen-bond acceptors (Lipinski definition) is 4. The summed E-state index contributed by atoms with van der Waals surface area (Å²) in [6.07, 6.45) is 0.169. The van der Waals surface area contributed by atoms with E-state index in [1.807, 2.05) is 12.1 Å². The first kappa shape index (κ1) is 17.2. The second-order valence-electron chi connectivity index (χ2n) is 5.39. The lowest BCUT2D eigenvalue weighted by Crippen LogP contribution is -2.17. The number of ether oxygens (including phenoxy) is 1. The highest BCUT2D eigenvalue weighted by Gasteiger charge is 2.24. The predicted octanol–water partition coefficient (Wildman–Crippen LogP) is 3.61. The number of benzene rings is 2. The van der Waals surface area contributed by atoms with Crippen molar-refractivity contribution < 1.29 is 23.1 Å². The molecule has 8 heteroatoms. The van der Waals surface area contributed by atoms with Crippen molar-refractivity contribution in [3.8, 4) is 5.75 Å². The number of hydrogen-bond donors (Lipinski definition) is 1. The number of halogens is 3. The van der Waals surface area contributed by atoms with Crippen LogP contribution >= 0.6 is 11.6 Å². The zero-order valence-electron chi connectivity index (χ0n) is 12.8. The molecule has 0 fully saturated rings. The van der Waals surface area contributed by atoms with Gasteiger partial charge in [0.2, 0.25) is 0 Å². The molecule has 0 bridgehead atoms. The van der Waals surface area contributed by atoms with Crippen LogP contribution in [0.1, 0.15) is 28.4 Å². The first-order chi connectivity index (χ1) is 12.0. The van der Waals surface area contributed by atoms with Crippen molar-refractivity contribution in [2.45, 2.75) is 12.5 Å². The van der Waals surface area contributed by atoms with Gasteiger partial charge >= 0.3 is 0 Å². The highest BCUT2D eigenvalue weighted by Crippen LogP contribution is 2.29. The number of nitrogens with zero attached hydrogens (tertiary/aromatic N) is 1. The normalized spacial score (nSPS) is 16.3. The average Bonchev–Trinajstić information content (AvgIpc) is 3.03. The molecule has 0 saturated heterocycles. The van der Waals surface area contributed by atoms with Gasteiger partial charge in [0, 0.05) is 11.4 Å². The van der Waals surface area contributed by atoms with Crippen LogP contribution in [0.2, 0.25) is 5.02 Å². The number of oxime groups is 1. The molecule has 3 rings (SSSR count). The molecule has 1 aliphatic rings. The van der Waals surface area contributed by atoms with Crippen LogP contribution in [-0.2, 0) is 4.84 Å². The van der Waals surface area contributed by atoms with E-state index in [0.29, 0.717) is 17.2 Å². The molecule has 2 N–H and O–H groups in total. The Hall–Kier alpha value is -2.67. The molecule has 0 saturated carbocycles. The van der Waals surface area contributed by atoms with Crippen molar-refractivity contribution in [2.24, 2.45) is 10.9 Å². The van der Waals surface area contributed by atoms with Crippen molar-refractivity contribution in [2.75, 3.05) is 6.61 Å². The van der Waals surface area contributed by atoms with E-state index >= 15 is 0 Å². The maximum absolute atomic E-state index is 14.1. The Bertz CT molecular complexity index is 841. The summed E-state index contributed by atoms with van der Waals surface area (Å²) in [6.45, 7) is -0.0646. The first-order valence-electron chi connectivity index (χ1n) is 7.33. The molecule has 0 radical (unpaired) electrons. The second kappa shape index (κ2) is 7.06. The molecule has 1 unspecified atom stereocenters. The van der Waals surface area contributed by atoms with Gasteiger partial charge in [0.15, 0.2) is 17.7 Å². The average molecular weight is 367 g/mol. The minimum atomic E-state index is -1.20. The van der Waals surface area contributed by atoms with Gasteiger partial charge < -0.3 is 15.3 Å². The zero-order valence-corrected chi connectivity index (χ0v) is 13.6. The fourth-order valence-corrected chi connectivity index (χ4v) is 2.53. The Morgan fingerprint density at radius 1 is 1.28 bits per heavy atom. The fraction of sp³-hybridized carbons (Fsp3) is 0.176. The smallest absolute Gasteiger partial charge is 0.254 e. The molecule has 25 heavy (non-hydrogen) atoms. The largest absolute Gasteiger partial charge is 0.484 e. The lowest BCUT2D eigenvalue weighted by molar-refractivity contribution is 0.0856. The van der Waals surface area contributed by atoms with Gasteiger partial charge in [0.05, 0.1) is 5.71 Å². The van der Waals surface area contributed by atoms with Crippen LogP contribution in [0.5, 0.6) is 5.75 Å². The van der Waals surface area contributed by atoms with Crippen LogP contribution in [0.4, 0.5) is 8.78 Å². The van der Waals surface area contributed by atoms with Crippen molar-refractivity contribution in [3.05, 3.63) is 64.2 Å². The maximum Gasteiger partial charge on any atom is 0.254 e. The molecule has 1 amide bonds. The summed E-state index contributed by atoms with van der Waals surface area (Å²) >= 11 is 5.84. The van der Waals surface area contributed by atoms with Crippen LogP contribution in [0.25, 0.3) is 0 Å². The maximum atomic E-state index is 14.1. The molecule has 2 aromatic rings. The monoisotopic (exact) mass is 366 g/mol. The predicted molar refractivity (Wildman–Crippen MR) is 87.7 cm³/mol. The molecule has 1 atom stereocenters. The van der Waals surface area contributed by atoms with Gasteiger partial charge in [0.1, 0.15) is 18.0 Å². The minimum Gasteiger partial charge on any atom is -0.484 e. The quantitative estimate of drug-likeness (QED) is 0.878. The van der Waals surface area contributed by atoms with Crippen LogP contribution < -0.4 is 10.5 Å². The molecule has 0 aliphatic carbocycles. The van der Waals surface area contributed by atoms with Crippen molar-refractivity contribution in [1.82, 2.24) is 0 Å². The third-order valence-electron chi connectivity index (χ3n) is 3.67. The SMILES string of the molecule is NC(=O)c1c(F)ccc(OCC2=NOC(c3ccc(Cl)cc3)C2)c1F. The van der Waals surface area contributed by atoms with E-state index in [4.69, 9.17) is 26.9 Å². The third-order valence-corrected chi connectivity index (χ3v) is 3.92. The Balaban J connectivity index is 1.64. The topological polar surface area (TPSA) is 73.9 Å². The summed E-state index contributed by atoms with van der Waals surface area (Å²) in [5.41, 5.74) is 5.58. The van der Waals surface area contributed by atoms with E-state index in [1.165, 1.54) is 0 Å². The van der Waals surface area contributed by atoms with Gasteiger partial charge in [0.25, 0.3) is 5.91 Å². The van der Waals surface area contributed by atoms with Gasteiger partial charge in [-0.25, -0.2) is 8.78 Å². The van der Waals surface area contributed by atoms with Gasteiger partial charge in [-0.1, -0.05) is 28.9 Å². The summed E-state index contributed by atoms with van der Waals surface area (Å²) < 4.78 is 32.8. The van der Waals surface area contributed by atoms with Crippen molar-refractivity contribution >= 4 is 23.2 Å². The van der Waals surface area contributed by atoms with Gasteiger partial charge in [-0.15, -0.1) is 0 Å². The molecule has 5 nitrogen and oxygen atoms in total. The van der Waals surface area contributed by atoms with E-state index in [1.54, 1.807) is 12.1 Å². The number of amides is 1. The number of carbonyl (C=O) groups is 1. The van der Waals surface area contributed by atoms with E-state index < -0.39 is 23.1 Å². The number of rotatable bonds is 5. The summed E-state index contributed by atoms with van der Waals surface area (Å²) in [4.78, 5) is 16.4. The molecule has 1 heterocycles. The zero-order chi connectivity index (χ0) is 18.0. The summed E-state index contributed by atoms with van der Waals surface area (Å²) in [5.74, 6) is -3.67. The number of carbonyl (C=O) groups excluding carboxylic acids is 1. The lowest BCUT2D eigenvalue weighted by Gasteiger charge is -2.10. The molecule has 2 aromatic carbocycles. The van der Waals surface area contributed by atoms with Crippen LogP contribution in [-0.4, -0.2) is 18.2 Å². The Morgan fingerprint density at radius 3 is 2.68 bits per heavy atom. The number of nitrogens with two attached hydrogens (primary N) is 1. The molecule has 0 aromatic heterocycles. The van der Waals surface area contributed by atoms with E-state index in [-0.39, 0.29) is 18.5 Å². The number of primary amides is 1. The molecule has 130 valence electrons. The third kappa shape index (κ3) is 3.71.